The zero-order valence-corrected chi connectivity index (χ0v) is 23.8. The van der Waals surface area contributed by atoms with Gasteiger partial charge in [0.25, 0.3) is 0 Å². The molecule has 0 bridgehead atoms. The van der Waals surface area contributed by atoms with Crippen LogP contribution in [0.4, 0.5) is 5.69 Å². The number of hydrogen-bond donors (Lipinski definition) is 1. The summed E-state index contributed by atoms with van der Waals surface area (Å²) in [6, 6.07) is 14.8. The predicted octanol–water partition coefficient (Wildman–Crippen LogP) is 4.83. The number of anilines is 1. The highest BCUT2D eigenvalue weighted by Crippen LogP contribution is 2.20. The van der Waals surface area contributed by atoms with Gasteiger partial charge in [-0.25, -0.2) is 8.42 Å². The van der Waals surface area contributed by atoms with Crippen molar-refractivity contribution in [3.8, 4) is 0 Å². The SMILES string of the molecule is CCCCNC(=O)[C@@H](CC)N(Cc1ccc(C)cc1)C(=O)CCCN(c1ccc(CC)cc1)S(C)(=O)=O. The molecule has 0 unspecified atom stereocenters. The lowest BCUT2D eigenvalue weighted by Gasteiger charge is -2.31. The van der Waals surface area contributed by atoms with Gasteiger partial charge in [0.05, 0.1) is 11.9 Å². The molecular formula is C29H43N3O4S. The van der Waals surface area contributed by atoms with Gasteiger partial charge in [-0.3, -0.25) is 13.9 Å². The minimum atomic E-state index is -3.51. The van der Waals surface area contributed by atoms with Crippen LogP contribution in [0.5, 0.6) is 0 Å². The number of benzene rings is 2. The molecular weight excluding hydrogens is 486 g/mol. The maximum Gasteiger partial charge on any atom is 0.242 e. The fourth-order valence-corrected chi connectivity index (χ4v) is 5.18. The second-order valence-electron chi connectivity index (χ2n) is 9.53. The van der Waals surface area contributed by atoms with Crippen LogP contribution >= 0.6 is 0 Å². The number of hydrogen-bond acceptors (Lipinski definition) is 4. The number of carbonyl (C=O) groups excluding carboxylic acids is 2. The third-order valence-corrected chi connectivity index (χ3v) is 7.67. The first-order valence-electron chi connectivity index (χ1n) is 13.3. The van der Waals surface area contributed by atoms with Crippen LogP contribution in [-0.2, 0) is 32.6 Å². The van der Waals surface area contributed by atoms with E-state index in [-0.39, 0.29) is 24.8 Å². The van der Waals surface area contributed by atoms with Crippen LogP contribution in [0.3, 0.4) is 0 Å². The van der Waals surface area contributed by atoms with E-state index in [1.165, 1.54) is 10.6 Å². The van der Waals surface area contributed by atoms with Gasteiger partial charge < -0.3 is 10.2 Å². The monoisotopic (exact) mass is 529 g/mol. The van der Waals surface area contributed by atoms with E-state index < -0.39 is 16.1 Å². The second kappa shape index (κ2) is 14.8. The van der Waals surface area contributed by atoms with Crippen LogP contribution in [0.25, 0.3) is 0 Å². The molecule has 2 aromatic rings. The highest BCUT2D eigenvalue weighted by atomic mass is 32.2. The van der Waals surface area contributed by atoms with Crippen LogP contribution < -0.4 is 9.62 Å². The first kappa shape index (κ1) is 30.4. The van der Waals surface area contributed by atoms with Gasteiger partial charge in [-0.1, -0.05) is 69.2 Å². The van der Waals surface area contributed by atoms with Gasteiger partial charge in [0.15, 0.2) is 0 Å². The van der Waals surface area contributed by atoms with Gasteiger partial charge in [0.1, 0.15) is 6.04 Å². The number of unbranched alkanes of at least 4 members (excludes halogenated alkanes) is 1. The van der Waals surface area contributed by atoms with Gasteiger partial charge in [0, 0.05) is 26.1 Å². The van der Waals surface area contributed by atoms with Crippen molar-refractivity contribution < 1.29 is 18.0 Å². The van der Waals surface area contributed by atoms with Crippen molar-refractivity contribution in [3.63, 3.8) is 0 Å². The molecule has 2 rings (SSSR count). The summed E-state index contributed by atoms with van der Waals surface area (Å²) in [5.74, 6) is -0.307. The van der Waals surface area contributed by atoms with Gasteiger partial charge in [-0.2, -0.15) is 0 Å². The average molecular weight is 530 g/mol. The van der Waals surface area contributed by atoms with E-state index in [0.717, 1.165) is 36.0 Å². The van der Waals surface area contributed by atoms with E-state index in [0.29, 0.717) is 31.6 Å². The number of rotatable bonds is 15. The molecule has 8 heteroatoms. The number of nitrogens with one attached hydrogen (secondary N) is 1. The van der Waals surface area contributed by atoms with Gasteiger partial charge >= 0.3 is 0 Å². The summed E-state index contributed by atoms with van der Waals surface area (Å²) < 4.78 is 26.4. The smallest absolute Gasteiger partial charge is 0.242 e. The Labute approximate surface area is 223 Å². The molecule has 2 aromatic carbocycles. The molecule has 37 heavy (non-hydrogen) atoms. The maximum atomic E-state index is 13.5. The zero-order chi connectivity index (χ0) is 27.4. The predicted molar refractivity (Wildman–Crippen MR) is 151 cm³/mol. The van der Waals surface area contributed by atoms with Crippen molar-refractivity contribution in [1.29, 1.82) is 0 Å². The molecule has 0 spiro atoms. The van der Waals surface area contributed by atoms with Crippen LogP contribution in [0.2, 0.25) is 0 Å². The molecule has 0 aliphatic rings. The Morgan fingerprint density at radius 2 is 1.54 bits per heavy atom. The highest BCUT2D eigenvalue weighted by Gasteiger charge is 2.28. The number of nitrogens with zero attached hydrogens (tertiary/aromatic N) is 2. The Kier molecular flexibility index (Phi) is 12.1. The van der Waals surface area contributed by atoms with Crippen molar-refractivity contribution in [2.24, 2.45) is 0 Å². The lowest BCUT2D eigenvalue weighted by atomic mass is 10.1. The number of aryl methyl sites for hydroxylation is 2. The largest absolute Gasteiger partial charge is 0.354 e. The first-order valence-corrected chi connectivity index (χ1v) is 15.1. The fraction of sp³-hybridized carbons (Fsp3) is 0.517. The van der Waals surface area contributed by atoms with E-state index in [1.807, 2.05) is 57.2 Å². The fourth-order valence-electron chi connectivity index (χ4n) is 4.22. The summed E-state index contributed by atoms with van der Waals surface area (Å²) >= 11 is 0. The van der Waals surface area contributed by atoms with Crippen molar-refractivity contribution in [2.45, 2.75) is 78.8 Å². The summed E-state index contributed by atoms with van der Waals surface area (Å²) in [6.45, 7) is 9.12. The molecule has 204 valence electrons. The Hall–Kier alpha value is -2.87. The Morgan fingerprint density at radius 1 is 0.919 bits per heavy atom. The summed E-state index contributed by atoms with van der Waals surface area (Å²) in [7, 11) is -3.51. The summed E-state index contributed by atoms with van der Waals surface area (Å²) in [5.41, 5.74) is 3.79. The van der Waals surface area contributed by atoms with E-state index in [1.54, 1.807) is 17.0 Å². The topological polar surface area (TPSA) is 86.8 Å². The van der Waals surface area contributed by atoms with Crippen LogP contribution in [-0.4, -0.2) is 50.5 Å². The van der Waals surface area contributed by atoms with Gasteiger partial charge in [-0.15, -0.1) is 0 Å². The molecule has 0 heterocycles. The number of sulfonamides is 1. The lowest BCUT2D eigenvalue weighted by molar-refractivity contribution is -0.141. The molecule has 0 radical (unpaired) electrons. The molecule has 7 nitrogen and oxygen atoms in total. The quantitative estimate of drug-likeness (QED) is 0.335. The zero-order valence-electron chi connectivity index (χ0n) is 23.0. The molecule has 1 N–H and O–H groups in total. The molecule has 2 amide bonds. The van der Waals surface area contributed by atoms with E-state index in [2.05, 4.69) is 12.2 Å². The van der Waals surface area contributed by atoms with Crippen molar-refractivity contribution >= 4 is 27.5 Å². The van der Waals surface area contributed by atoms with Crippen LogP contribution in [0.1, 0.15) is 69.6 Å². The second-order valence-corrected chi connectivity index (χ2v) is 11.4. The Bertz CT molecular complexity index is 1100. The van der Waals surface area contributed by atoms with Crippen LogP contribution in [0.15, 0.2) is 48.5 Å². The van der Waals surface area contributed by atoms with Crippen molar-refractivity contribution in [2.75, 3.05) is 23.7 Å². The van der Waals surface area contributed by atoms with Gasteiger partial charge in [-0.05, 0) is 55.9 Å². The minimum Gasteiger partial charge on any atom is -0.354 e. The van der Waals surface area contributed by atoms with Crippen molar-refractivity contribution in [1.82, 2.24) is 10.2 Å². The molecule has 1 atom stereocenters. The first-order chi connectivity index (χ1) is 17.6. The lowest BCUT2D eigenvalue weighted by Crippen LogP contribution is -2.49. The third-order valence-electron chi connectivity index (χ3n) is 6.47. The molecule has 0 aliphatic carbocycles. The molecule has 0 saturated heterocycles. The van der Waals surface area contributed by atoms with Crippen LogP contribution in [0, 0.1) is 6.92 Å². The van der Waals surface area contributed by atoms with Gasteiger partial charge in [0.2, 0.25) is 21.8 Å². The number of carbonyl (C=O) groups is 2. The Balaban J connectivity index is 2.18. The maximum absolute atomic E-state index is 13.5. The van der Waals surface area contributed by atoms with E-state index >= 15 is 0 Å². The highest BCUT2D eigenvalue weighted by molar-refractivity contribution is 7.92. The third kappa shape index (κ3) is 9.50. The Morgan fingerprint density at radius 3 is 2.08 bits per heavy atom. The summed E-state index contributed by atoms with van der Waals surface area (Å²) in [4.78, 5) is 28.1. The summed E-state index contributed by atoms with van der Waals surface area (Å²) in [5, 5.41) is 2.97. The summed E-state index contributed by atoms with van der Waals surface area (Å²) in [6.07, 6.45) is 4.89. The average Bonchev–Trinajstić information content (AvgIpc) is 2.87. The normalized spacial score (nSPS) is 12.1. The standard InChI is InChI=1S/C29H43N3O4S/c1-6-9-20-30-29(34)27(8-3)31(22-25-14-12-23(4)13-15-25)28(33)11-10-21-32(37(5,35)36)26-18-16-24(7-2)17-19-26/h12-19,27H,6-11,20-22H2,1-5H3,(H,30,34)/t27-/m1/s1. The van der Waals surface area contributed by atoms with E-state index in [4.69, 9.17) is 0 Å². The number of amides is 2. The molecule has 0 fully saturated rings. The van der Waals surface area contributed by atoms with E-state index in [9.17, 15) is 18.0 Å². The van der Waals surface area contributed by atoms with Crippen molar-refractivity contribution in [3.05, 3.63) is 65.2 Å². The minimum absolute atomic E-state index is 0.143. The molecule has 0 aliphatic heterocycles. The molecule has 0 saturated carbocycles. The molecule has 0 aromatic heterocycles.